The molecule has 2 amide bonds. The zero-order chi connectivity index (χ0) is 31.9. The van der Waals surface area contributed by atoms with Crippen molar-refractivity contribution in [3.63, 3.8) is 0 Å². The normalized spacial score (nSPS) is 15.5. The average molecular weight is 642 g/mol. The first-order chi connectivity index (χ1) is 21.7. The second-order valence-corrected chi connectivity index (χ2v) is 11.8. The summed E-state index contributed by atoms with van der Waals surface area (Å²) in [5.41, 5.74) is 4.97. The molecule has 4 aromatic carbocycles. The third-order valence-corrected chi connectivity index (χ3v) is 8.72. The molecule has 0 aliphatic carbocycles. The van der Waals surface area contributed by atoms with Crippen LogP contribution in [0.15, 0.2) is 114 Å². The summed E-state index contributed by atoms with van der Waals surface area (Å²) < 4.78 is 5.41. The van der Waals surface area contributed by atoms with E-state index in [1.807, 2.05) is 66.7 Å². The zero-order valence-corrected chi connectivity index (χ0v) is 26.6. The van der Waals surface area contributed by atoms with Gasteiger partial charge in [-0.2, -0.15) is 0 Å². The van der Waals surface area contributed by atoms with Crippen molar-refractivity contribution in [1.29, 1.82) is 0 Å². The molecule has 45 heavy (non-hydrogen) atoms. The lowest BCUT2D eigenvalue weighted by molar-refractivity contribution is -0.140. The Morgan fingerprint density at radius 1 is 0.889 bits per heavy atom. The number of benzene rings is 4. The Morgan fingerprint density at radius 2 is 1.58 bits per heavy atom. The number of hydrogen-bond acceptors (Lipinski definition) is 4. The molecule has 8 heteroatoms. The standard InChI is InChI=1S/C37H34Cl2N2O4/c1-3-45-37(44)35-24(2)41(34(42)22-30(35)28-17-18-31(38)32(39)21-28)23-26-13-10-16-29(19-26)36(43)40-33(27-14-8-5-9-15-27)20-25-11-6-4-7-12-25/h4-19,21,30,33H,3,20,22-23H2,1-2H3,(H,40,43). The smallest absolute Gasteiger partial charge is 0.336 e. The summed E-state index contributed by atoms with van der Waals surface area (Å²) in [6.45, 7) is 3.88. The number of carbonyl (C=O) groups is 3. The lowest BCUT2D eigenvalue weighted by Gasteiger charge is -2.34. The molecule has 0 fully saturated rings. The average Bonchev–Trinajstić information content (AvgIpc) is 3.05. The Kier molecular flexibility index (Phi) is 10.4. The molecular formula is C37H34Cl2N2O4. The van der Waals surface area contributed by atoms with Gasteiger partial charge < -0.3 is 15.0 Å². The fourth-order valence-electron chi connectivity index (χ4n) is 5.71. The molecule has 1 aliphatic heterocycles. The van der Waals surface area contributed by atoms with Crippen molar-refractivity contribution in [3.05, 3.63) is 152 Å². The van der Waals surface area contributed by atoms with Crippen LogP contribution in [0.3, 0.4) is 0 Å². The lowest BCUT2D eigenvalue weighted by atomic mass is 9.83. The molecule has 1 aliphatic rings. The molecule has 5 rings (SSSR count). The quantitative estimate of drug-likeness (QED) is 0.178. The molecule has 1 N–H and O–H groups in total. The van der Waals surface area contributed by atoms with Crippen LogP contribution in [0.2, 0.25) is 10.0 Å². The third-order valence-electron chi connectivity index (χ3n) is 7.98. The van der Waals surface area contributed by atoms with Crippen LogP contribution in [0.5, 0.6) is 0 Å². The Balaban J connectivity index is 1.40. The molecule has 0 saturated carbocycles. The van der Waals surface area contributed by atoms with Crippen LogP contribution in [0.1, 0.15) is 64.8 Å². The number of rotatable bonds is 10. The van der Waals surface area contributed by atoms with Crippen molar-refractivity contribution in [1.82, 2.24) is 10.2 Å². The Hall–Kier alpha value is -4.39. The molecule has 0 spiro atoms. The fraction of sp³-hybridized carbons (Fsp3) is 0.216. The highest BCUT2D eigenvalue weighted by Gasteiger charge is 2.37. The van der Waals surface area contributed by atoms with Crippen molar-refractivity contribution in [2.75, 3.05) is 6.61 Å². The highest BCUT2D eigenvalue weighted by molar-refractivity contribution is 6.42. The van der Waals surface area contributed by atoms with Gasteiger partial charge in [-0.1, -0.05) is 102 Å². The minimum Gasteiger partial charge on any atom is -0.463 e. The summed E-state index contributed by atoms with van der Waals surface area (Å²) in [5, 5.41) is 3.94. The number of esters is 1. The van der Waals surface area contributed by atoms with Crippen molar-refractivity contribution in [2.45, 2.75) is 45.2 Å². The van der Waals surface area contributed by atoms with E-state index in [2.05, 4.69) is 5.32 Å². The van der Waals surface area contributed by atoms with Gasteiger partial charge in [0.05, 0.1) is 34.8 Å². The van der Waals surface area contributed by atoms with Crippen LogP contribution in [0.25, 0.3) is 0 Å². The monoisotopic (exact) mass is 640 g/mol. The van der Waals surface area contributed by atoms with E-state index in [0.29, 0.717) is 38.9 Å². The van der Waals surface area contributed by atoms with E-state index in [-0.39, 0.29) is 37.4 Å². The van der Waals surface area contributed by atoms with Crippen molar-refractivity contribution in [2.24, 2.45) is 0 Å². The van der Waals surface area contributed by atoms with Crippen LogP contribution < -0.4 is 5.32 Å². The number of carbonyl (C=O) groups excluding carboxylic acids is 3. The summed E-state index contributed by atoms with van der Waals surface area (Å²) in [4.78, 5) is 41.9. The molecule has 0 radical (unpaired) electrons. The Labute approximate surface area is 273 Å². The summed E-state index contributed by atoms with van der Waals surface area (Å²) >= 11 is 12.4. The first kappa shape index (κ1) is 32.0. The highest BCUT2D eigenvalue weighted by atomic mass is 35.5. The molecule has 230 valence electrons. The molecule has 6 nitrogen and oxygen atoms in total. The number of nitrogens with zero attached hydrogens (tertiary/aromatic N) is 1. The molecule has 2 atom stereocenters. The molecule has 0 aromatic heterocycles. The van der Waals surface area contributed by atoms with Gasteiger partial charge in [0.25, 0.3) is 5.91 Å². The maximum absolute atomic E-state index is 13.6. The maximum atomic E-state index is 13.6. The summed E-state index contributed by atoms with van der Waals surface area (Å²) in [7, 11) is 0. The largest absolute Gasteiger partial charge is 0.463 e. The lowest BCUT2D eigenvalue weighted by Crippen LogP contribution is -2.38. The van der Waals surface area contributed by atoms with Crippen LogP contribution in [-0.4, -0.2) is 29.3 Å². The third kappa shape index (κ3) is 7.64. The molecule has 1 heterocycles. The van der Waals surface area contributed by atoms with Crippen LogP contribution in [0, 0.1) is 0 Å². The van der Waals surface area contributed by atoms with Crippen molar-refractivity contribution >= 4 is 41.0 Å². The van der Waals surface area contributed by atoms with Crippen molar-refractivity contribution < 1.29 is 19.1 Å². The SMILES string of the molecule is CCOC(=O)C1=C(C)N(Cc2cccc(C(=O)NC(Cc3ccccc3)c3ccccc3)c2)C(=O)CC1c1ccc(Cl)c(Cl)c1. The van der Waals surface area contributed by atoms with E-state index in [1.54, 1.807) is 55.1 Å². The summed E-state index contributed by atoms with van der Waals surface area (Å²) in [6, 6.07) is 32.0. The van der Waals surface area contributed by atoms with Crippen LogP contribution >= 0.6 is 23.2 Å². The van der Waals surface area contributed by atoms with E-state index >= 15 is 0 Å². The predicted molar refractivity (Wildman–Crippen MR) is 177 cm³/mol. The van der Waals surface area contributed by atoms with Gasteiger partial charge in [-0.3, -0.25) is 9.59 Å². The first-order valence-corrected chi connectivity index (χ1v) is 15.6. The molecule has 4 aromatic rings. The van der Waals surface area contributed by atoms with Crippen LogP contribution in [-0.2, 0) is 27.3 Å². The number of ether oxygens (including phenoxy) is 1. The fourth-order valence-corrected chi connectivity index (χ4v) is 6.02. The molecule has 0 saturated heterocycles. The zero-order valence-electron chi connectivity index (χ0n) is 25.1. The van der Waals surface area contributed by atoms with Gasteiger partial charge in [-0.15, -0.1) is 0 Å². The van der Waals surface area contributed by atoms with E-state index in [0.717, 1.165) is 16.7 Å². The summed E-state index contributed by atoms with van der Waals surface area (Å²) in [5.74, 6) is -1.38. The van der Waals surface area contributed by atoms with Gasteiger partial charge >= 0.3 is 5.97 Å². The predicted octanol–water partition coefficient (Wildman–Crippen LogP) is 8.06. The van der Waals surface area contributed by atoms with Gasteiger partial charge in [-0.05, 0) is 66.8 Å². The summed E-state index contributed by atoms with van der Waals surface area (Å²) in [6.07, 6.45) is 0.695. The second-order valence-electron chi connectivity index (χ2n) is 11.0. The molecular weight excluding hydrogens is 607 g/mol. The van der Waals surface area contributed by atoms with Gasteiger partial charge in [0.1, 0.15) is 0 Å². The van der Waals surface area contributed by atoms with E-state index in [1.165, 1.54) is 0 Å². The molecule has 0 bridgehead atoms. The van der Waals surface area contributed by atoms with Gasteiger partial charge in [0.15, 0.2) is 0 Å². The van der Waals surface area contributed by atoms with E-state index in [4.69, 9.17) is 27.9 Å². The number of hydrogen-bond donors (Lipinski definition) is 1. The van der Waals surface area contributed by atoms with Crippen LogP contribution in [0.4, 0.5) is 0 Å². The first-order valence-electron chi connectivity index (χ1n) is 14.9. The minimum absolute atomic E-state index is 0.0574. The number of amides is 2. The Bertz CT molecular complexity index is 1720. The second kappa shape index (κ2) is 14.6. The Morgan fingerprint density at radius 3 is 2.27 bits per heavy atom. The van der Waals surface area contributed by atoms with Crippen molar-refractivity contribution in [3.8, 4) is 0 Å². The minimum atomic E-state index is -0.529. The van der Waals surface area contributed by atoms with Gasteiger partial charge in [-0.25, -0.2) is 4.79 Å². The maximum Gasteiger partial charge on any atom is 0.336 e. The number of allylic oxidation sites excluding steroid dienone is 1. The van der Waals surface area contributed by atoms with E-state index < -0.39 is 11.9 Å². The van der Waals surface area contributed by atoms with Gasteiger partial charge in [0, 0.05) is 23.6 Å². The number of halogens is 2. The number of nitrogens with one attached hydrogen (secondary N) is 1. The van der Waals surface area contributed by atoms with E-state index in [9.17, 15) is 14.4 Å². The van der Waals surface area contributed by atoms with Gasteiger partial charge in [0.2, 0.25) is 5.91 Å². The topological polar surface area (TPSA) is 75.7 Å². The molecule has 2 unspecified atom stereocenters. The highest BCUT2D eigenvalue weighted by Crippen LogP contribution is 2.39.